The Labute approximate surface area is 155 Å². The molecule has 2 saturated carbocycles. The van der Waals surface area contributed by atoms with E-state index in [0.29, 0.717) is 26.2 Å². The van der Waals surface area contributed by atoms with Crippen molar-refractivity contribution < 1.29 is 18.0 Å². The molecule has 2 saturated heterocycles. The molecule has 2 aliphatic carbocycles. The van der Waals surface area contributed by atoms with E-state index in [0.717, 1.165) is 38.5 Å². The highest BCUT2D eigenvalue weighted by Crippen LogP contribution is 2.62. The van der Waals surface area contributed by atoms with Crippen LogP contribution in [0.15, 0.2) is 0 Å². The van der Waals surface area contributed by atoms with Gasteiger partial charge in [-0.05, 0) is 49.9 Å². The minimum Gasteiger partial charge on any atom is -0.359 e. The highest BCUT2D eigenvalue weighted by atomic mass is 32.2. The lowest BCUT2D eigenvalue weighted by molar-refractivity contribution is -0.133. The van der Waals surface area contributed by atoms with Gasteiger partial charge >= 0.3 is 0 Å². The molecule has 4 fully saturated rings. The topological polar surface area (TPSA) is 86.8 Å². The largest absolute Gasteiger partial charge is 0.359 e. The van der Waals surface area contributed by atoms with E-state index >= 15 is 0 Å². The van der Waals surface area contributed by atoms with Gasteiger partial charge in [0.25, 0.3) is 0 Å². The second kappa shape index (κ2) is 5.92. The van der Waals surface area contributed by atoms with Crippen molar-refractivity contribution in [2.24, 2.45) is 16.7 Å². The Balaban J connectivity index is 1.56. The van der Waals surface area contributed by atoms with Gasteiger partial charge in [0, 0.05) is 40.2 Å². The summed E-state index contributed by atoms with van der Waals surface area (Å²) in [7, 11) is -1.46. The van der Waals surface area contributed by atoms with Gasteiger partial charge in [-0.1, -0.05) is 0 Å². The minimum absolute atomic E-state index is 0.0200. The van der Waals surface area contributed by atoms with E-state index in [2.05, 4.69) is 5.32 Å². The quantitative estimate of drug-likeness (QED) is 0.772. The summed E-state index contributed by atoms with van der Waals surface area (Å²) in [6.07, 6.45) is 4.92. The second-order valence-corrected chi connectivity index (χ2v) is 10.9. The summed E-state index contributed by atoms with van der Waals surface area (Å²) >= 11 is 0. The van der Waals surface area contributed by atoms with E-state index in [4.69, 9.17) is 0 Å². The number of rotatable bonds is 3. The van der Waals surface area contributed by atoms with Gasteiger partial charge in [-0.2, -0.15) is 0 Å². The second-order valence-electron chi connectivity index (χ2n) is 8.69. The number of nitrogens with one attached hydrogen (secondary N) is 1. The number of hydrogen-bond acceptors (Lipinski definition) is 4. The maximum atomic E-state index is 12.8. The van der Waals surface area contributed by atoms with E-state index in [1.807, 2.05) is 4.90 Å². The Hall–Kier alpha value is -1.15. The fourth-order valence-electron chi connectivity index (χ4n) is 5.78. The predicted octanol–water partition coefficient (Wildman–Crippen LogP) is 0.565. The standard InChI is InChI=1S/C18H29N3O4S/c1-13(22)20-11-15-17(5-6-18(15,12-20)16(23)19-2)7-9-21(10-8-17)26(24,25)14-3-4-14/h14-15H,3-12H2,1-2H3,(H,19,23)/t15-,18+/m1/s1. The molecule has 2 atom stereocenters. The van der Waals surface area contributed by atoms with Gasteiger partial charge in [-0.15, -0.1) is 0 Å². The van der Waals surface area contributed by atoms with Crippen LogP contribution in [-0.4, -0.2) is 67.9 Å². The molecule has 2 amide bonds. The number of sulfonamides is 1. The van der Waals surface area contributed by atoms with Crippen molar-refractivity contribution in [3.63, 3.8) is 0 Å². The molecule has 8 heteroatoms. The van der Waals surface area contributed by atoms with Crippen LogP contribution in [0.5, 0.6) is 0 Å². The average molecular weight is 384 g/mol. The predicted molar refractivity (Wildman–Crippen MR) is 96.7 cm³/mol. The molecule has 0 unspecified atom stereocenters. The molecule has 2 aliphatic heterocycles. The SMILES string of the molecule is CNC(=O)[C@]12CCC3(CCN(S(=O)(=O)C4CC4)CC3)[C@H]1CN(C(C)=O)C2. The summed E-state index contributed by atoms with van der Waals surface area (Å²) < 4.78 is 26.8. The Morgan fingerprint density at radius 2 is 1.73 bits per heavy atom. The van der Waals surface area contributed by atoms with Crippen LogP contribution in [0.4, 0.5) is 0 Å². The Morgan fingerprint density at radius 3 is 2.27 bits per heavy atom. The number of fused-ring (bicyclic) bond motifs is 2. The number of hydrogen-bond donors (Lipinski definition) is 1. The van der Waals surface area contributed by atoms with Gasteiger partial charge in [-0.25, -0.2) is 12.7 Å². The molecule has 0 radical (unpaired) electrons. The van der Waals surface area contributed by atoms with Gasteiger partial charge in [0.1, 0.15) is 0 Å². The van der Waals surface area contributed by atoms with Crippen LogP contribution < -0.4 is 5.32 Å². The van der Waals surface area contributed by atoms with Crippen molar-refractivity contribution >= 4 is 21.8 Å². The first-order valence-electron chi connectivity index (χ1n) is 9.72. The van der Waals surface area contributed by atoms with E-state index in [1.165, 1.54) is 0 Å². The number of carbonyl (C=O) groups is 2. The Bertz CT molecular complexity index is 725. The zero-order valence-corrected chi connectivity index (χ0v) is 16.5. The van der Waals surface area contributed by atoms with Crippen molar-refractivity contribution in [3.05, 3.63) is 0 Å². The fourth-order valence-corrected chi connectivity index (χ4v) is 7.63. The first kappa shape index (κ1) is 18.2. The smallest absolute Gasteiger partial charge is 0.228 e. The molecular weight excluding hydrogens is 354 g/mol. The molecule has 7 nitrogen and oxygen atoms in total. The van der Waals surface area contributed by atoms with Crippen LogP contribution in [0.3, 0.4) is 0 Å². The molecule has 1 N–H and O–H groups in total. The third-order valence-corrected chi connectivity index (χ3v) is 9.90. The van der Waals surface area contributed by atoms with Crippen LogP contribution in [-0.2, 0) is 19.6 Å². The normalized spacial score (nSPS) is 34.1. The van der Waals surface area contributed by atoms with Crippen molar-refractivity contribution in [2.45, 2.75) is 50.7 Å². The van der Waals surface area contributed by atoms with Gasteiger partial charge < -0.3 is 10.2 Å². The summed E-state index contributed by atoms with van der Waals surface area (Å²) in [5, 5.41) is 2.66. The zero-order valence-electron chi connectivity index (χ0n) is 15.7. The van der Waals surface area contributed by atoms with E-state index in [1.54, 1.807) is 18.3 Å². The molecular formula is C18H29N3O4S. The lowest BCUT2D eigenvalue weighted by Crippen LogP contribution is -2.49. The molecule has 26 heavy (non-hydrogen) atoms. The first-order chi connectivity index (χ1) is 12.2. The van der Waals surface area contributed by atoms with Gasteiger partial charge in [0.15, 0.2) is 0 Å². The van der Waals surface area contributed by atoms with Crippen LogP contribution in [0, 0.1) is 16.7 Å². The van der Waals surface area contributed by atoms with Gasteiger partial charge in [-0.3, -0.25) is 9.59 Å². The maximum absolute atomic E-state index is 12.8. The summed E-state index contributed by atoms with van der Waals surface area (Å²) in [5.41, 5.74) is -0.524. The van der Waals surface area contributed by atoms with Crippen LogP contribution in [0.2, 0.25) is 0 Å². The molecule has 4 aliphatic rings. The Kier molecular flexibility index (Phi) is 4.15. The van der Waals surface area contributed by atoms with Gasteiger partial charge in [0.2, 0.25) is 21.8 Å². The van der Waals surface area contributed by atoms with Crippen molar-refractivity contribution in [1.29, 1.82) is 0 Å². The van der Waals surface area contributed by atoms with Crippen LogP contribution in [0.25, 0.3) is 0 Å². The molecule has 0 aromatic rings. The molecule has 0 aromatic heterocycles. The molecule has 0 aromatic carbocycles. The van der Waals surface area contributed by atoms with Gasteiger partial charge in [0.05, 0.1) is 10.7 Å². The molecule has 146 valence electrons. The summed E-state index contributed by atoms with van der Waals surface area (Å²) in [6.45, 7) is 3.80. The monoisotopic (exact) mass is 383 g/mol. The Morgan fingerprint density at radius 1 is 1.08 bits per heavy atom. The highest BCUT2D eigenvalue weighted by Gasteiger charge is 2.65. The number of carbonyl (C=O) groups excluding carboxylic acids is 2. The number of piperidine rings is 1. The average Bonchev–Trinajstić information content (AvgIpc) is 3.34. The summed E-state index contributed by atoms with van der Waals surface area (Å²) in [4.78, 5) is 26.6. The molecule has 2 heterocycles. The third kappa shape index (κ3) is 2.52. The third-order valence-electron chi connectivity index (χ3n) is 7.50. The number of nitrogens with zero attached hydrogens (tertiary/aromatic N) is 2. The lowest BCUT2D eigenvalue weighted by atomic mass is 9.66. The lowest BCUT2D eigenvalue weighted by Gasteiger charge is -2.43. The minimum atomic E-state index is -3.13. The van der Waals surface area contributed by atoms with Crippen LogP contribution >= 0.6 is 0 Å². The van der Waals surface area contributed by atoms with E-state index in [9.17, 15) is 18.0 Å². The number of likely N-dealkylation sites (tertiary alicyclic amines) is 1. The maximum Gasteiger partial charge on any atom is 0.228 e. The summed E-state index contributed by atoms with van der Waals surface area (Å²) in [5.74, 6) is 0.187. The van der Waals surface area contributed by atoms with Crippen LogP contribution in [0.1, 0.15) is 45.4 Å². The van der Waals surface area contributed by atoms with Crippen molar-refractivity contribution in [2.75, 3.05) is 33.2 Å². The fraction of sp³-hybridized carbons (Fsp3) is 0.889. The van der Waals surface area contributed by atoms with E-state index in [-0.39, 0.29) is 28.4 Å². The molecule has 4 rings (SSSR count). The molecule has 1 spiro atoms. The van der Waals surface area contributed by atoms with Crippen molar-refractivity contribution in [1.82, 2.24) is 14.5 Å². The van der Waals surface area contributed by atoms with E-state index < -0.39 is 15.4 Å². The first-order valence-corrected chi connectivity index (χ1v) is 11.2. The highest BCUT2D eigenvalue weighted by molar-refractivity contribution is 7.90. The number of amides is 2. The molecule has 0 bridgehead atoms. The summed E-state index contributed by atoms with van der Waals surface area (Å²) in [6, 6.07) is 0. The van der Waals surface area contributed by atoms with Crippen molar-refractivity contribution in [3.8, 4) is 0 Å². The zero-order chi connectivity index (χ0) is 18.7.